The Morgan fingerprint density at radius 1 is 1.45 bits per heavy atom. The van der Waals surface area contributed by atoms with Crippen molar-refractivity contribution in [3.63, 3.8) is 0 Å². The second-order valence-electron chi connectivity index (χ2n) is 9.10. The summed E-state index contributed by atoms with van der Waals surface area (Å²) in [7, 11) is 0. The molecule has 6 heteroatoms. The van der Waals surface area contributed by atoms with Crippen LogP contribution in [0, 0.1) is 0 Å². The number of hydrogen-bond donors (Lipinski definition) is 3. The van der Waals surface area contributed by atoms with E-state index in [4.69, 9.17) is 4.74 Å². The van der Waals surface area contributed by atoms with E-state index < -0.39 is 11.0 Å². The van der Waals surface area contributed by atoms with Crippen molar-refractivity contribution in [2.45, 2.75) is 74.7 Å². The van der Waals surface area contributed by atoms with E-state index in [1.54, 1.807) is 6.07 Å². The molecule has 0 aromatic heterocycles. The number of ether oxygens (including phenoxy) is 1. The molecule has 1 aromatic carbocycles. The zero-order chi connectivity index (χ0) is 20.4. The highest BCUT2D eigenvalue weighted by molar-refractivity contribution is 5.76. The standard InChI is InChI=1S/C23H30N2O4/c1-3-5-18(27)24-15-8-9-23(28)17-13-14-6-7-16(26)20-19(14)22(23,21(15)29-20)10-12-25(17)11-4-2/h4,6-7,15,17,21,26,28H,2-3,5,8-13H2,1H3,(H,24,27)/t15?,17?,21-,22+,23?/m1/s1. The zero-order valence-corrected chi connectivity index (χ0v) is 17.0. The van der Waals surface area contributed by atoms with Crippen LogP contribution in [0.15, 0.2) is 24.8 Å². The van der Waals surface area contributed by atoms with Crippen molar-refractivity contribution in [1.82, 2.24) is 10.2 Å². The third-order valence-corrected chi connectivity index (χ3v) is 7.76. The monoisotopic (exact) mass is 398 g/mol. The van der Waals surface area contributed by atoms with Gasteiger partial charge in [-0.15, -0.1) is 6.58 Å². The first-order valence-corrected chi connectivity index (χ1v) is 10.8. The SMILES string of the molecule is C=CCN1CC[C@]23c4c5ccc(O)c4O[C@@H]2C(NC(=O)CCC)CCC3(O)C1C5. The fourth-order valence-electron chi connectivity index (χ4n) is 6.67. The summed E-state index contributed by atoms with van der Waals surface area (Å²) in [6.45, 7) is 7.47. The Labute approximate surface area is 171 Å². The Morgan fingerprint density at radius 2 is 2.28 bits per heavy atom. The second kappa shape index (κ2) is 6.47. The van der Waals surface area contributed by atoms with Crippen molar-refractivity contribution in [3.05, 3.63) is 35.9 Å². The van der Waals surface area contributed by atoms with Gasteiger partial charge >= 0.3 is 0 Å². The van der Waals surface area contributed by atoms with Gasteiger partial charge in [0.15, 0.2) is 11.5 Å². The fraction of sp³-hybridized carbons (Fsp3) is 0.609. The molecule has 1 spiro atoms. The minimum atomic E-state index is -0.947. The molecule has 5 rings (SSSR count). The van der Waals surface area contributed by atoms with Gasteiger partial charge in [-0.3, -0.25) is 9.69 Å². The van der Waals surface area contributed by atoms with Crippen LogP contribution < -0.4 is 10.1 Å². The number of amides is 1. The number of piperidine rings is 1. The highest BCUT2D eigenvalue weighted by Crippen LogP contribution is 2.65. The van der Waals surface area contributed by atoms with Crippen LogP contribution in [0.3, 0.4) is 0 Å². The first-order valence-electron chi connectivity index (χ1n) is 10.8. The topological polar surface area (TPSA) is 82.0 Å². The van der Waals surface area contributed by atoms with Crippen molar-refractivity contribution in [3.8, 4) is 11.5 Å². The minimum absolute atomic E-state index is 0.0179. The average Bonchev–Trinajstić information content (AvgIpc) is 3.04. The summed E-state index contributed by atoms with van der Waals surface area (Å²) in [6.07, 6.45) is 5.57. The van der Waals surface area contributed by atoms with Crippen LogP contribution in [0.2, 0.25) is 0 Å². The molecule has 1 saturated carbocycles. The molecule has 2 fully saturated rings. The number of phenolic OH excluding ortho intramolecular Hbond substituents is 1. The molecule has 5 atom stereocenters. The molecule has 1 amide bonds. The number of nitrogens with zero attached hydrogens (tertiary/aromatic N) is 1. The van der Waals surface area contributed by atoms with E-state index in [9.17, 15) is 15.0 Å². The largest absolute Gasteiger partial charge is 0.504 e. The van der Waals surface area contributed by atoms with Crippen LogP contribution in [-0.4, -0.2) is 57.9 Å². The van der Waals surface area contributed by atoms with Gasteiger partial charge in [-0.25, -0.2) is 0 Å². The van der Waals surface area contributed by atoms with E-state index in [1.807, 2.05) is 19.1 Å². The molecule has 2 aliphatic heterocycles. The van der Waals surface area contributed by atoms with Crippen molar-refractivity contribution < 1.29 is 19.7 Å². The molecule has 1 aromatic rings. The highest BCUT2D eigenvalue weighted by atomic mass is 16.5. The lowest BCUT2D eigenvalue weighted by atomic mass is 9.48. The number of hydrogen-bond acceptors (Lipinski definition) is 5. The van der Waals surface area contributed by atoms with E-state index >= 15 is 0 Å². The number of nitrogens with one attached hydrogen (secondary N) is 1. The third-order valence-electron chi connectivity index (χ3n) is 7.76. The van der Waals surface area contributed by atoms with Crippen LogP contribution in [0.4, 0.5) is 0 Å². The quantitative estimate of drug-likeness (QED) is 0.661. The molecule has 3 N–H and O–H groups in total. The van der Waals surface area contributed by atoms with E-state index in [0.29, 0.717) is 25.0 Å². The summed E-state index contributed by atoms with van der Waals surface area (Å²) in [5.74, 6) is 0.665. The number of carbonyl (C=O) groups excluding carboxylic acids is 1. The maximum Gasteiger partial charge on any atom is 0.220 e. The second-order valence-corrected chi connectivity index (χ2v) is 9.10. The first-order chi connectivity index (χ1) is 14.0. The van der Waals surface area contributed by atoms with Crippen molar-refractivity contribution in [2.75, 3.05) is 13.1 Å². The molecule has 4 aliphatic rings. The number of aromatic hydroxyl groups is 1. The van der Waals surface area contributed by atoms with E-state index in [0.717, 1.165) is 43.5 Å². The summed E-state index contributed by atoms with van der Waals surface area (Å²) < 4.78 is 6.40. The normalized spacial score (nSPS) is 36.8. The van der Waals surface area contributed by atoms with Gasteiger partial charge < -0.3 is 20.3 Å². The van der Waals surface area contributed by atoms with Gasteiger partial charge in [0, 0.05) is 24.6 Å². The average molecular weight is 399 g/mol. The van der Waals surface area contributed by atoms with Crippen LogP contribution in [0.25, 0.3) is 0 Å². The molecular weight excluding hydrogens is 368 g/mol. The summed E-state index contributed by atoms with van der Waals surface area (Å²) in [5.41, 5.74) is 0.578. The molecule has 29 heavy (non-hydrogen) atoms. The molecule has 2 aliphatic carbocycles. The minimum Gasteiger partial charge on any atom is -0.504 e. The van der Waals surface area contributed by atoms with Crippen molar-refractivity contribution in [1.29, 1.82) is 0 Å². The predicted octanol–water partition coefficient (Wildman–Crippen LogP) is 2.02. The smallest absolute Gasteiger partial charge is 0.220 e. The molecule has 2 heterocycles. The van der Waals surface area contributed by atoms with E-state index in [-0.39, 0.29) is 29.8 Å². The number of rotatable bonds is 5. The molecular formula is C23H30N2O4. The zero-order valence-electron chi connectivity index (χ0n) is 17.0. The van der Waals surface area contributed by atoms with Gasteiger partial charge in [-0.1, -0.05) is 19.1 Å². The first kappa shape index (κ1) is 18.9. The Hall–Kier alpha value is -2.05. The van der Waals surface area contributed by atoms with Crippen LogP contribution in [0.5, 0.6) is 11.5 Å². The van der Waals surface area contributed by atoms with E-state index in [2.05, 4.69) is 16.8 Å². The number of likely N-dealkylation sites (tertiary alicyclic amines) is 1. The van der Waals surface area contributed by atoms with Crippen molar-refractivity contribution in [2.24, 2.45) is 0 Å². The predicted molar refractivity (Wildman–Crippen MR) is 109 cm³/mol. The Kier molecular flexibility index (Phi) is 4.23. The Balaban J connectivity index is 1.64. The molecule has 6 nitrogen and oxygen atoms in total. The van der Waals surface area contributed by atoms with Crippen molar-refractivity contribution >= 4 is 5.91 Å². The number of aliphatic hydroxyl groups is 1. The van der Waals surface area contributed by atoms with Crippen LogP contribution in [-0.2, 0) is 16.6 Å². The lowest BCUT2D eigenvalue weighted by Crippen LogP contribution is -2.78. The molecule has 1 saturated heterocycles. The maximum atomic E-state index is 12.4. The van der Waals surface area contributed by atoms with Gasteiger partial charge in [-0.2, -0.15) is 0 Å². The van der Waals surface area contributed by atoms with Gasteiger partial charge in [0.25, 0.3) is 0 Å². The lowest BCUT2D eigenvalue weighted by molar-refractivity contribution is -0.190. The van der Waals surface area contributed by atoms with Gasteiger partial charge in [0.2, 0.25) is 5.91 Å². The van der Waals surface area contributed by atoms with E-state index in [1.165, 1.54) is 0 Å². The molecule has 156 valence electrons. The molecule has 2 bridgehead atoms. The van der Waals surface area contributed by atoms with Crippen LogP contribution in [0.1, 0.15) is 50.2 Å². The fourth-order valence-corrected chi connectivity index (χ4v) is 6.67. The van der Waals surface area contributed by atoms with Gasteiger partial charge in [0.1, 0.15) is 6.10 Å². The maximum absolute atomic E-state index is 12.4. The summed E-state index contributed by atoms with van der Waals surface area (Å²) >= 11 is 0. The third kappa shape index (κ3) is 2.33. The van der Waals surface area contributed by atoms with Gasteiger partial charge in [-0.05, 0) is 50.3 Å². The van der Waals surface area contributed by atoms with Gasteiger partial charge in [0.05, 0.1) is 17.1 Å². The highest BCUT2D eigenvalue weighted by Gasteiger charge is 2.72. The Morgan fingerprint density at radius 3 is 3.03 bits per heavy atom. The van der Waals surface area contributed by atoms with Crippen LogP contribution >= 0.6 is 0 Å². The summed E-state index contributed by atoms with van der Waals surface area (Å²) in [4.78, 5) is 14.7. The Bertz CT molecular complexity index is 871. The summed E-state index contributed by atoms with van der Waals surface area (Å²) in [6, 6.07) is 3.49. The number of benzene rings is 1. The lowest BCUT2D eigenvalue weighted by Gasteiger charge is -2.64. The summed E-state index contributed by atoms with van der Waals surface area (Å²) in [5, 5.41) is 25.9. The number of phenols is 1. The molecule has 3 unspecified atom stereocenters. The number of carbonyl (C=O) groups is 1. The molecule has 0 radical (unpaired) electrons.